The summed E-state index contributed by atoms with van der Waals surface area (Å²) in [4.78, 5) is 13.7. The van der Waals surface area contributed by atoms with Gasteiger partial charge >= 0.3 is 0 Å². The van der Waals surface area contributed by atoms with Crippen molar-refractivity contribution in [3.8, 4) is 6.07 Å². The molecular weight excluding hydrogens is 432 g/mol. The Morgan fingerprint density at radius 3 is 2.67 bits per heavy atom. The van der Waals surface area contributed by atoms with Crippen molar-refractivity contribution in [3.63, 3.8) is 0 Å². The molecule has 0 spiro atoms. The van der Waals surface area contributed by atoms with Crippen LogP contribution in [0.2, 0.25) is 0 Å². The normalized spacial score (nSPS) is 18.8. The minimum absolute atomic E-state index is 0.163. The molecule has 33 heavy (non-hydrogen) atoms. The van der Waals surface area contributed by atoms with Crippen LogP contribution in [0.25, 0.3) is 10.2 Å². The smallest absolute Gasteiger partial charge is 0.299 e. The van der Waals surface area contributed by atoms with Crippen LogP contribution in [0.1, 0.15) is 17.5 Å². The third-order valence-electron chi connectivity index (χ3n) is 5.83. The van der Waals surface area contributed by atoms with Crippen molar-refractivity contribution in [2.45, 2.75) is 25.6 Å². The van der Waals surface area contributed by atoms with Crippen molar-refractivity contribution in [1.82, 2.24) is 15.2 Å². The highest BCUT2D eigenvalue weighted by molar-refractivity contribution is 7.22. The Kier molecular flexibility index (Phi) is 6.63. The second-order valence-electron chi connectivity index (χ2n) is 8.15. The van der Waals surface area contributed by atoms with Gasteiger partial charge < -0.3 is 10.1 Å². The molecule has 5 rings (SSSR count). The number of hydrogen-bond donors (Lipinski definition) is 1. The Morgan fingerprint density at radius 1 is 1.09 bits per heavy atom. The first-order chi connectivity index (χ1) is 16.3. The SMILES string of the molecule is N#CCC1C=CN=C(OCc2ccc(CN3CCNCC3)cc2)N1c1nc2ccccc2s1. The maximum Gasteiger partial charge on any atom is 0.299 e. The van der Waals surface area contributed by atoms with E-state index in [-0.39, 0.29) is 6.04 Å². The highest BCUT2D eigenvalue weighted by Crippen LogP contribution is 2.32. The van der Waals surface area contributed by atoms with E-state index in [1.54, 1.807) is 17.5 Å². The van der Waals surface area contributed by atoms with E-state index in [9.17, 15) is 5.26 Å². The van der Waals surface area contributed by atoms with Gasteiger partial charge in [0.05, 0.1) is 28.7 Å². The van der Waals surface area contributed by atoms with Gasteiger partial charge in [-0.25, -0.2) is 9.98 Å². The zero-order chi connectivity index (χ0) is 22.5. The Balaban J connectivity index is 1.29. The molecule has 1 fully saturated rings. The number of nitrogens with zero attached hydrogens (tertiary/aromatic N) is 5. The number of fused-ring (bicyclic) bond motifs is 1. The largest absolute Gasteiger partial charge is 0.460 e. The number of ether oxygens (including phenoxy) is 1. The summed E-state index contributed by atoms with van der Waals surface area (Å²) in [7, 11) is 0. The Bertz CT molecular complexity index is 1160. The predicted octanol–water partition coefficient (Wildman–Crippen LogP) is 3.89. The summed E-state index contributed by atoms with van der Waals surface area (Å²) in [5.74, 6) is 0. The van der Waals surface area contributed by atoms with Gasteiger partial charge in [-0.2, -0.15) is 5.26 Å². The molecular formula is C25H26N6OS. The molecule has 0 amide bonds. The first-order valence-corrected chi connectivity index (χ1v) is 12.0. The summed E-state index contributed by atoms with van der Waals surface area (Å²) in [6, 6.07) is 19.2. The number of para-hydroxylation sites is 1. The molecule has 2 aromatic carbocycles. The van der Waals surface area contributed by atoms with Crippen molar-refractivity contribution in [1.29, 1.82) is 5.26 Å². The molecule has 3 heterocycles. The summed E-state index contributed by atoms with van der Waals surface area (Å²) >= 11 is 1.58. The lowest BCUT2D eigenvalue weighted by molar-refractivity contribution is 0.233. The number of nitriles is 1. The number of nitrogens with one attached hydrogen (secondary N) is 1. The lowest BCUT2D eigenvalue weighted by atomic mass is 10.1. The number of thiazole rings is 1. The van der Waals surface area contributed by atoms with Crippen LogP contribution in [0.3, 0.4) is 0 Å². The summed E-state index contributed by atoms with van der Waals surface area (Å²) in [6.45, 7) is 5.66. The molecule has 168 valence electrons. The molecule has 0 bridgehead atoms. The number of piperazine rings is 1. The van der Waals surface area contributed by atoms with E-state index in [2.05, 4.69) is 51.6 Å². The van der Waals surface area contributed by atoms with E-state index in [4.69, 9.17) is 9.72 Å². The van der Waals surface area contributed by atoms with E-state index in [0.717, 1.165) is 53.6 Å². The van der Waals surface area contributed by atoms with Gasteiger partial charge in [0.25, 0.3) is 6.02 Å². The fraction of sp³-hybridized carbons (Fsp3) is 0.320. The third kappa shape index (κ3) is 5.06. The molecule has 7 nitrogen and oxygen atoms in total. The molecule has 1 saturated heterocycles. The van der Waals surface area contributed by atoms with Gasteiger partial charge in [-0.1, -0.05) is 47.7 Å². The highest BCUT2D eigenvalue weighted by atomic mass is 32.1. The van der Waals surface area contributed by atoms with Crippen LogP contribution in [0.4, 0.5) is 5.13 Å². The summed E-state index contributed by atoms with van der Waals surface area (Å²) in [6.07, 6.45) is 3.97. The van der Waals surface area contributed by atoms with E-state index >= 15 is 0 Å². The van der Waals surface area contributed by atoms with E-state index < -0.39 is 0 Å². The van der Waals surface area contributed by atoms with Crippen LogP contribution in [0.15, 0.2) is 65.8 Å². The molecule has 1 aromatic heterocycles. The average molecular weight is 459 g/mol. The van der Waals surface area contributed by atoms with Crippen molar-refractivity contribution in [3.05, 3.63) is 71.9 Å². The molecule has 0 aliphatic carbocycles. The van der Waals surface area contributed by atoms with Crippen molar-refractivity contribution >= 4 is 32.7 Å². The topological polar surface area (TPSA) is 76.8 Å². The molecule has 1 atom stereocenters. The van der Waals surface area contributed by atoms with Gasteiger partial charge in [0.2, 0.25) is 0 Å². The van der Waals surface area contributed by atoms with Gasteiger partial charge in [-0.3, -0.25) is 9.80 Å². The molecule has 3 aromatic rings. The number of amidine groups is 1. The third-order valence-corrected chi connectivity index (χ3v) is 6.86. The number of anilines is 1. The molecule has 2 aliphatic rings. The lowest BCUT2D eigenvalue weighted by Crippen LogP contribution is -2.42. The minimum Gasteiger partial charge on any atom is -0.460 e. The minimum atomic E-state index is -0.163. The van der Waals surface area contributed by atoms with Crippen LogP contribution in [0, 0.1) is 11.3 Å². The highest BCUT2D eigenvalue weighted by Gasteiger charge is 2.28. The number of hydrogen-bond acceptors (Lipinski definition) is 8. The molecule has 1 N–H and O–H groups in total. The number of benzene rings is 2. The lowest BCUT2D eigenvalue weighted by Gasteiger charge is -2.30. The first-order valence-electron chi connectivity index (χ1n) is 11.2. The number of aliphatic imine (C=N–C) groups is 1. The zero-order valence-corrected chi connectivity index (χ0v) is 19.2. The maximum absolute atomic E-state index is 9.35. The van der Waals surface area contributed by atoms with Crippen LogP contribution < -0.4 is 10.2 Å². The monoisotopic (exact) mass is 458 g/mol. The first kappa shape index (κ1) is 21.6. The van der Waals surface area contributed by atoms with Crippen molar-refractivity contribution in [2.75, 3.05) is 31.1 Å². The molecule has 0 saturated carbocycles. The summed E-state index contributed by atoms with van der Waals surface area (Å²) in [5, 5.41) is 13.5. The Morgan fingerprint density at radius 2 is 1.88 bits per heavy atom. The summed E-state index contributed by atoms with van der Waals surface area (Å²) < 4.78 is 7.26. The van der Waals surface area contributed by atoms with Gasteiger partial charge in [0.1, 0.15) is 6.61 Å². The predicted molar refractivity (Wildman–Crippen MR) is 132 cm³/mol. The van der Waals surface area contributed by atoms with Gasteiger partial charge in [-0.05, 0) is 29.3 Å². The fourth-order valence-corrected chi connectivity index (χ4v) is 5.08. The maximum atomic E-state index is 9.35. The van der Waals surface area contributed by atoms with Crippen LogP contribution >= 0.6 is 11.3 Å². The molecule has 2 aliphatic heterocycles. The van der Waals surface area contributed by atoms with Gasteiger partial charge in [-0.15, -0.1) is 0 Å². The number of rotatable bonds is 6. The molecule has 1 unspecified atom stereocenters. The summed E-state index contributed by atoms with van der Waals surface area (Å²) in [5.41, 5.74) is 3.32. The van der Waals surface area contributed by atoms with E-state index in [1.807, 2.05) is 29.2 Å². The van der Waals surface area contributed by atoms with Gasteiger partial charge in [0.15, 0.2) is 5.13 Å². The molecule has 0 radical (unpaired) electrons. The average Bonchev–Trinajstić information content (AvgIpc) is 3.28. The van der Waals surface area contributed by atoms with E-state index in [0.29, 0.717) is 19.0 Å². The second-order valence-corrected chi connectivity index (χ2v) is 9.16. The Labute approximate surface area is 197 Å². The second kappa shape index (κ2) is 10.1. The van der Waals surface area contributed by atoms with E-state index in [1.165, 1.54) is 5.56 Å². The Hall–Kier alpha value is -3.25. The van der Waals surface area contributed by atoms with Gasteiger partial charge in [0, 0.05) is 38.9 Å². The van der Waals surface area contributed by atoms with Crippen LogP contribution in [-0.2, 0) is 17.9 Å². The van der Waals surface area contributed by atoms with Crippen LogP contribution in [0.5, 0.6) is 0 Å². The number of aromatic nitrogens is 1. The van der Waals surface area contributed by atoms with Crippen molar-refractivity contribution < 1.29 is 4.74 Å². The van der Waals surface area contributed by atoms with Crippen molar-refractivity contribution in [2.24, 2.45) is 4.99 Å². The zero-order valence-electron chi connectivity index (χ0n) is 18.4. The van der Waals surface area contributed by atoms with Crippen LogP contribution in [-0.4, -0.2) is 48.1 Å². The fourth-order valence-electron chi connectivity index (χ4n) is 4.06. The molecule has 8 heteroatoms. The standard InChI is InChI=1S/C25H26N6OS/c26-11-9-21-10-12-28-24(31(21)25-29-22-3-1-2-4-23(22)33-25)32-18-20-7-5-19(6-8-20)17-30-15-13-27-14-16-30/h1-8,10,12,21,27H,9,13-18H2. The quantitative estimate of drug-likeness (QED) is 0.604.